The summed E-state index contributed by atoms with van der Waals surface area (Å²) in [5.74, 6) is -0.137. The standard InChI is InChI=1S/C14H19BrClNO2/c1-5-9(2)14(3,13(18)19-4)17-10-6-7-12(16)11(15)8-10/h6-9,17H,5H2,1-4H3. The number of benzene rings is 1. The lowest BCUT2D eigenvalue weighted by Crippen LogP contribution is -2.49. The van der Waals surface area contributed by atoms with Crippen LogP contribution in [0.25, 0.3) is 0 Å². The van der Waals surface area contributed by atoms with Gasteiger partial charge < -0.3 is 10.1 Å². The summed E-state index contributed by atoms with van der Waals surface area (Å²) in [5, 5.41) is 3.89. The van der Waals surface area contributed by atoms with Crippen LogP contribution in [0.5, 0.6) is 0 Å². The van der Waals surface area contributed by atoms with Crippen LogP contribution >= 0.6 is 27.5 Å². The fraction of sp³-hybridized carbons (Fsp3) is 0.500. The fourth-order valence-corrected chi connectivity index (χ4v) is 2.37. The van der Waals surface area contributed by atoms with E-state index in [1.54, 1.807) is 6.07 Å². The van der Waals surface area contributed by atoms with Gasteiger partial charge >= 0.3 is 5.97 Å². The normalized spacial score (nSPS) is 15.5. The van der Waals surface area contributed by atoms with Gasteiger partial charge in [0.1, 0.15) is 5.54 Å². The van der Waals surface area contributed by atoms with E-state index in [-0.39, 0.29) is 11.9 Å². The van der Waals surface area contributed by atoms with Gasteiger partial charge in [-0.3, -0.25) is 0 Å². The molecule has 2 unspecified atom stereocenters. The van der Waals surface area contributed by atoms with Gasteiger partial charge in [0.15, 0.2) is 0 Å². The molecule has 2 atom stereocenters. The molecule has 0 aliphatic heterocycles. The van der Waals surface area contributed by atoms with Crippen molar-refractivity contribution in [3.8, 4) is 0 Å². The van der Waals surface area contributed by atoms with Gasteiger partial charge in [0.05, 0.1) is 12.1 Å². The third-order valence-electron chi connectivity index (χ3n) is 3.53. The SMILES string of the molecule is CCC(C)C(C)(Nc1ccc(Cl)c(Br)c1)C(=O)OC. The topological polar surface area (TPSA) is 38.3 Å². The smallest absolute Gasteiger partial charge is 0.331 e. The fourth-order valence-electron chi connectivity index (χ4n) is 1.87. The van der Waals surface area contributed by atoms with Gasteiger partial charge in [0.25, 0.3) is 0 Å². The molecule has 0 saturated heterocycles. The van der Waals surface area contributed by atoms with Gasteiger partial charge in [-0.1, -0.05) is 31.9 Å². The number of carbonyl (C=O) groups excluding carboxylic acids is 1. The lowest BCUT2D eigenvalue weighted by Gasteiger charge is -2.34. The van der Waals surface area contributed by atoms with E-state index in [1.165, 1.54) is 7.11 Å². The third-order valence-corrected chi connectivity index (χ3v) is 4.74. The summed E-state index contributed by atoms with van der Waals surface area (Å²) < 4.78 is 5.71. The average molecular weight is 349 g/mol. The summed E-state index contributed by atoms with van der Waals surface area (Å²) in [5.41, 5.74) is 0.0565. The van der Waals surface area contributed by atoms with Gasteiger partial charge in [-0.15, -0.1) is 0 Å². The van der Waals surface area contributed by atoms with Crippen molar-refractivity contribution in [2.75, 3.05) is 12.4 Å². The molecule has 0 spiro atoms. The number of ether oxygens (including phenoxy) is 1. The monoisotopic (exact) mass is 347 g/mol. The number of esters is 1. The molecule has 0 aliphatic carbocycles. The Balaban J connectivity index is 3.07. The van der Waals surface area contributed by atoms with Crippen molar-refractivity contribution < 1.29 is 9.53 Å². The minimum absolute atomic E-state index is 0.134. The number of halogens is 2. The van der Waals surface area contributed by atoms with Crippen molar-refractivity contribution in [2.24, 2.45) is 5.92 Å². The van der Waals surface area contributed by atoms with Crippen molar-refractivity contribution in [3.63, 3.8) is 0 Å². The molecule has 5 heteroatoms. The first-order valence-electron chi connectivity index (χ1n) is 6.16. The molecule has 0 saturated carbocycles. The lowest BCUT2D eigenvalue weighted by molar-refractivity contribution is -0.147. The molecule has 0 amide bonds. The third kappa shape index (κ3) is 3.63. The second kappa shape index (κ2) is 6.62. The van der Waals surface area contributed by atoms with E-state index in [2.05, 4.69) is 21.2 Å². The van der Waals surface area contributed by atoms with Crippen molar-refractivity contribution in [3.05, 3.63) is 27.7 Å². The van der Waals surface area contributed by atoms with Crippen molar-refractivity contribution in [1.29, 1.82) is 0 Å². The molecule has 0 aliphatic rings. The van der Waals surface area contributed by atoms with Crippen molar-refractivity contribution in [2.45, 2.75) is 32.7 Å². The highest BCUT2D eigenvalue weighted by Gasteiger charge is 2.39. The zero-order valence-electron chi connectivity index (χ0n) is 11.6. The molecule has 0 heterocycles. The minimum Gasteiger partial charge on any atom is -0.467 e. The van der Waals surface area contributed by atoms with Gasteiger partial charge in [0.2, 0.25) is 0 Å². The van der Waals surface area contributed by atoms with Crippen LogP contribution in [-0.2, 0) is 9.53 Å². The zero-order chi connectivity index (χ0) is 14.6. The molecule has 1 aromatic carbocycles. The average Bonchev–Trinajstić information content (AvgIpc) is 2.40. The Morgan fingerprint density at radius 3 is 2.68 bits per heavy atom. The van der Waals surface area contributed by atoms with Crippen LogP contribution in [-0.4, -0.2) is 18.6 Å². The maximum absolute atomic E-state index is 12.1. The molecule has 0 fully saturated rings. The van der Waals surface area contributed by atoms with Gasteiger partial charge in [-0.25, -0.2) is 4.79 Å². The second-order valence-electron chi connectivity index (χ2n) is 4.76. The largest absolute Gasteiger partial charge is 0.467 e. The molecule has 1 aromatic rings. The van der Waals surface area contributed by atoms with Crippen molar-refractivity contribution in [1.82, 2.24) is 0 Å². The molecular formula is C14H19BrClNO2. The molecule has 106 valence electrons. The summed E-state index contributed by atoms with van der Waals surface area (Å²) in [6, 6.07) is 5.48. The van der Waals surface area contributed by atoms with E-state index in [9.17, 15) is 4.79 Å². The molecule has 3 nitrogen and oxygen atoms in total. The Kier molecular flexibility index (Phi) is 5.68. The Morgan fingerprint density at radius 2 is 2.21 bits per heavy atom. The molecule has 1 rings (SSSR count). The van der Waals surface area contributed by atoms with Crippen LogP contribution in [0.2, 0.25) is 5.02 Å². The molecule has 1 N–H and O–H groups in total. The van der Waals surface area contributed by atoms with Crippen LogP contribution in [0.4, 0.5) is 5.69 Å². The number of anilines is 1. The number of carbonyl (C=O) groups is 1. The van der Waals surface area contributed by atoms with Gasteiger partial charge in [0, 0.05) is 10.2 Å². The number of hydrogen-bond donors (Lipinski definition) is 1. The quantitative estimate of drug-likeness (QED) is 0.797. The molecular weight excluding hydrogens is 330 g/mol. The van der Waals surface area contributed by atoms with E-state index < -0.39 is 5.54 Å². The summed E-state index contributed by atoms with van der Waals surface area (Å²) in [6.45, 7) is 5.93. The highest BCUT2D eigenvalue weighted by Crippen LogP contribution is 2.30. The van der Waals surface area contributed by atoms with Crippen LogP contribution < -0.4 is 5.32 Å². The molecule has 0 aromatic heterocycles. The van der Waals surface area contributed by atoms with Gasteiger partial charge in [-0.2, -0.15) is 0 Å². The first-order valence-corrected chi connectivity index (χ1v) is 7.33. The van der Waals surface area contributed by atoms with Crippen LogP contribution in [0.1, 0.15) is 27.2 Å². The number of hydrogen-bond acceptors (Lipinski definition) is 3. The number of nitrogens with one attached hydrogen (secondary N) is 1. The molecule has 0 radical (unpaired) electrons. The van der Waals surface area contributed by atoms with Crippen LogP contribution in [0.3, 0.4) is 0 Å². The highest BCUT2D eigenvalue weighted by molar-refractivity contribution is 9.10. The first-order chi connectivity index (χ1) is 8.85. The Labute approximate surface area is 127 Å². The molecule has 0 bridgehead atoms. The minimum atomic E-state index is -0.767. The predicted molar refractivity (Wildman–Crippen MR) is 82.7 cm³/mol. The van der Waals surface area contributed by atoms with E-state index in [0.717, 1.165) is 16.6 Å². The van der Waals surface area contributed by atoms with Gasteiger partial charge in [-0.05, 0) is 47.0 Å². The Hall–Kier alpha value is -0.740. The summed E-state index contributed by atoms with van der Waals surface area (Å²) >= 11 is 9.34. The van der Waals surface area contributed by atoms with E-state index in [1.807, 2.05) is 32.9 Å². The van der Waals surface area contributed by atoms with E-state index in [4.69, 9.17) is 16.3 Å². The zero-order valence-corrected chi connectivity index (χ0v) is 13.9. The van der Waals surface area contributed by atoms with E-state index in [0.29, 0.717) is 5.02 Å². The van der Waals surface area contributed by atoms with E-state index >= 15 is 0 Å². The summed E-state index contributed by atoms with van der Waals surface area (Å²) in [6.07, 6.45) is 0.868. The number of methoxy groups -OCH3 is 1. The Bertz CT molecular complexity index is 467. The number of rotatable bonds is 5. The Morgan fingerprint density at radius 1 is 1.58 bits per heavy atom. The lowest BCUT2D eigenvalue weighted by atomic mass is 9.84. The maximum atomic E-state index is 12.1. The van der Waals surface area contributed by atoms with Crippen LogP contribution in [0.15, 0.2) is 22.7 Å². The maximum Gasteiger partial charge on any atom is 0.331 e. The predicted octanol–water partition coefficient (Wildman–Crippen LogP) is 4.49. The van der Waals surface area contributed by atoms with Crippen molar-refractivity contribution >= 4 is 39.2 Å². The first kappa shape index (κ1) is 16.3. The summed E-state index contributed by atoms with van der Waals surface area (Å²) in [7, 11) is 1.41. The highest BCUT2D eigenvalue weighted by atomic mass is 79.9. The van der Waals surface area contributed by atoms with Crippen LogP contribution in [0, 0.1) is 5.92 Å². The summed E-state index contributed by atoms with van der Waals surface area (Å²) in [4.78, 5) is 12.1. The molecule has 19 heavy (non-hydrogen) atoms. The second-order valence-corrected chi connectivity index (χ2v) is 6.02.